The van der Waals surface area contributed by atoms with E-state index in [1.165, 1.54) is 33.4 Å². The van der Waals surface area contributed by atoms with Gasteiger partial charge in [-0.1, -0.05) is 35.9 Å². The molecule has 0 aliphatic heterocycles. The minimum absolute atomic E-state index is 0.00397. The van der Waals surface area contributed by atoms with E-state index in [1.807, 2.05) is 19.9 Å². The molecule has 0 fully saturated rings. The number of nitrogens with zero attached hydrogens (tertiary/aromatic N) is 2. The Labute approximate surface area is 156 Å². The van der Waals surface area contributed by atoms with Gasteiger partial charge in [-0.05, 0) is 31.0 Å². The Balaban J connectivity index is 1.54. The summed E-state index contributed by atoms with van der Waals surface area (Å²) in [6.45, 7) is 3.94. The molecule has 0 saturated heterocycles. The molecule has 3 rings (SSSR count). The predicted molar refractivity (Wildman–Crippen MR) is 103 cm³/mol. The molecule has 0 unspecified atom stereocenters. The second kappa shape index (κ2) is 8.19. The molecule has 2 heterocycles. The largest absolute Gasteiger partial charge is 0.459 e. The number of hydrogen-bond acceptors (Lipinski definition) is 5. The number of carbonyl (C=O) groups is 1. The first-order chi connectivity index (χ1) is 12.5. The molecule has 26 heavy (non-hydrogen) atoms. The standard InChI is InChI=1S/C20H20N2O3S/c1-14-5-7-16(8-6-14)12-26-13-19(24)25-11-17-10-18(23)22-9-3-4-15(2)20(22)21-17/h3-10H,11-13H2,1-2H3. The second-order valence-corrected chi connectivity index (χ2v) is 7.10. The molecule has 1 aromatic carbocycles. The van der Waals surface area contributed by atoms with Gasteiger partial charge in [0.05, 0.1) is 11.4 Å². The lowest BCUT2D eigenvalue weighted by atomic mass is 10.2. The minimum Gasteiger partial charge on any atom is -0.459 e. The van der Waals surface area contributed by atoms with E-state index in [4.69, 9.17) is 4.74 Å². The van der Waals surface area contributed by atoms with Crippen molar-refractivity contribution in [1.82, 2.24) is 9.38 Å². The molecule has 3 aromatic rings. The number of esters is 1. The average Bonchev–Trinajstić information content (AvgIpc) is 2.63. The Bertz CT molecular complexity index is 981. The van der Waals surface area contributed by atoms with Crippen molar-refractivity contribution in [3.8, 4) is 0 Å². The summed E-state index contributed by atoms with van der Waals surface area (Å²) in [5.74, 6) is 0.706. The molecule has 0 spiro atoms. The van der Waals surface area contributed by atoms with Gasteiger partial charge in [0.2, 0.25) is 0 Å². The minimum atomic E-state index is -0.311. The zero-order valence-corrected chi connectivity index (χ0v) is 15.6. The maximum absolute atomic E-state index is 12.1. The molecule has 0 aliphatic carbocycles. The van der Waals surface area contributed by atoms with Crippen molar-refractivity contribution >= 4 is 23.4 Å². The summed E-state index contributed by atoms with van der Waals surface area (Å²) < 4.78 is 6.74. The molecule has 0 amide bonds. The number of thioether (sulfide) groups is 1. The number of rotatable bonds is 6. The van der Waals surface area contributed by atoms with Crippen LogP contribution in [0.5, 0.6) is 0 Å². The van der Waals surface area contributed by atoms with Crippen LogP contribution in [0.2, 0.25) is 0 Å². The van der Waals surface area contributed by atoms with Crippen LogP contribution in [-0.4, -0.2) is 21.1 Å². The fourth-order valence-electron chi connectivity index (χ4n) is 2.52. The van der Waals surface area contributed by atoms with E-state index in [1.54, 1.807) is 12.3 Å². The summed E-state index contributed by atoms with van der Waals surface area (Å²) in [5, 5.41) is 0. The van der Waals surface area contributed by atoms with E-state index in [0.29, 0.717) is 11.3 Å². The van der Waals surface area contributed by atoms with Crippen LogP contribution in [0.3, 0.4) is 0 Å². The maximum atomic E-state index is 12.1. The summed E-state index contributed by atoms with van der Waals surface area (Å²) in [6, 6.07) is 13.3. The van der Waals surface area contributed by atoms with Crippen molar-refractivity contribution < 1.29 is 9.53 Å². The molecule has 6 heteroatoms. The van der Waals surface area contributed by atoms with Gasteiger partial charge in [0.25, 0.3) is 5.56 Å². The molecule has 0 N–H and O–H groups in total. The van der Waals surface area contributed by atoms with Crippen LogP contribution in [0.25, 0.3) is 5.65 Å². The van der Waals surface area contributed by atoms with Gasteiger partial charge in [-0.2, -0.15) is 0 Å². The van der Waals surface area contributed by atoms with E-state index < -0.39 is 0 Å². The zero-order valence-electron chi connectivity index (χ0n) is 14.8. The van der Waals surface area contributed by atoms with Crippen molar-refractivity contribution in [2.24, 2.45) is 0 Å². The third-order valence-electron chi connectivity index (χ3n) is 3.93. The van der Waals surface area contributed by atoms with Crippen LogP contribution < -0.4 is 5.56 Å². The lowest BCUT2D eigenvalue weighted by Crippen LogP contribution is -2.17. The number of hydrogen-bond donors (Lipinski definition) is 0. The van der Waals surface area contributed by atoms with E-state index in [-0.39, 0.29) is 23.9 Å². The monoisotopic (exact) mass is 368 g/mol. The maximum Gasteiger partial charge on any atom is 0.316 e. The molecule has 134 valence electrons. The quantitative estimate of drug-likeness (QED) is 0.625. The van der Waals surface area contributed by atoms with Gasteiger partial charge < -0.3 is 4.74 Å². The van der Waals surface area contributed by atoms with Crippen LogP contribution >= 0.6 is 11.8 Å². The Kier molecular flexibility index (Phi) is 5.73. The van der Waals surface area contributed by atoms with Crippen LogP contribution in [0, 0.1) is 13.8 Å². The summed E-state index contributed by atoms with van der Waals surface area (Å²) >= 11 is 1.50. The molecule has 0 bridgehead atoms. The van der Waals surface area contributed by atoms with E-state index in [9.17, 15) is 9.59 Å². The Morgan fingerprint density at radius 2 is 1.96 bits per heavy atom. The van der Waals surface area contributed by atoms with Gasteiger partial charge in [0, 0.05) is 18.0 Å². The Morgan fingerprint density at radius 3 is 2.73 bits per heavy atom. The van der Waals surface area contributed by atoms with Gasteiger partial charge in [0.1, 0.15) is 12.3 Å². The number of ether oxygens (including phenoxy) is 1. The smallest absolute Gasteiger partial charge is 0.316 e. The first kappa shape index (κ1) is 18.2. The summed E-state index contributed by atoms with van der Waals surface area (Å²) in [7, 11) is 0. The lowest BCUT2D eigenvalue weighted by molar-refractivity contribution is -0.141. The molecule has 0 atom stereocenters. The molecular formula is C20H20N2O3S. The van der Waals surface area contributed by atoms with Gasteiger partial charge in [-0.3, -0.25) is 14.0 Å². The van der Waals surface area contributed by atoms with Crippen molar-refractivity contribution in [1.29, 1.82) is 0 Å². The first-order valence-electron chi connectivity index (χ1n) is 8.30. The SMILES string of the molecule is Cc1ccc(CSCC(=O)OCc2cc(=O)n3cccc(C)c3n2)cc1. The van der Waals surface area contributed by atoms with Crippen molar-refractivity contribution in [3.63, 3.8) is 0 Å². The molecule has 2 aromatic heterocycles. The second-order valence-electron chi connectivity index (χ2n) is 6.11. The molecule has 0 saturated carbocycles. The van der Waals surface area contributed by atoms with E-state index in [0.717, 1.165) is 11.3 Å². The highest BCUT2D eigenvalue weighted by Gasteiger charge is 2.08. The number of fused-ring (bicyclic) bond motifs is 1. The third kappa shape index (κ3) is 4.52. The predicted octanol–water partition coefficient (Wildman–Crippen LogP) is 3.29. The third-order valence-corrected chi connectivity index (χ3v) is 4.91. The van der Waals surface area contributed by atoms with Gasteiger partial charge >= 0.3 is 5.97 Å². The van der Waals surface area contributed by atoms with Gasteiger partial charge in [-0.25, -0.2) is 4.98 Å². The fraction of sp³-hybridized carbons (Fsp3) is 0.250. The number of aryl methyl sites for hydroxylation is 2. The van der Waals surface area contributed by atoms with Crippen molar-refractivity contribution in [3.05, 3.63) is 81.4 Å². The summed E-state index contributed by atoms with van der Waals surface area (Å²) in [6.07, 6.45) is 1.68. The first-order valence-corrected chi connectivity index (χ1v) is 9.45. The number of pyridine rings is 1. The highest BCUT2D eigenvalue weighted by Crippen LogP contribution is 2.13. The molecular weight excluding hydrogens is 348 g/mol. The highest BCUT2D eigenvalue weighted by atomic mass is 32.2. The lowest BCUT2D eigenvalue weighted by Gasteiger charge is -2.07. The van der Waals surface area contributed by atoms with Crippen LogP contribution in [0.15, 0.2) is 53.5 Å². The van der Waals surface area contributed by atoms with Crippen LogP contribution in [-0.2, 0) is 21.9 Å². The van der Waals surface area contributed by atoms with Crippen molar-refractivity contribution in [2.45, 2.75) is 26.2 Å². The topological polar surface area (TPSA) is 60.7 Å². The normalized spacial score (nSPS) is 10.8. The van der Waals surface area contributed by atoms with Crippen molar-refractivity contribution in [2.75, 3.05) is 5.75 Å². The van der Waals surface area contributed by atoms with Gasteiger partial charge in [-0.15, -0.1) is 11.8 Å². The average molecular weight is 368 g/mol. The summed E-state index contributed by atoms with van der Waals surface area (Å²) in [4.78, 5) is 28.5. The fourth-order valence-corrected chi connectivity index (χ4v) is 3.30. The Hall–Kier alpha value is -2.60. The number of aromatic nitrogens is 2. The number of benzene rings is 1. The highest BCUT2D eigenvalue weighted by molar-refractivity contribution is 7.99. The zero-order chi connectivity index (χ0) is 18.5. The Morgan fingerprint density at radius 1 is 1.19 bits per heavy atom. The number of carbonyl (C=O) groups excluding carboxylic acids is 1. The van der Waals surface area contributed by atoms with Gasteiger partial charge in [0.15, 0.2) is 0 Å². The molecule has 0 radical (unpaired) electrons. The van der Waals surface area contributed by atoms with E-state index in [2.05, 4.69) is 29.2 Å². The van der Waals surface area contributed by atoms with E-state index >= 15 is 0 Å². The molecule has 5 nitrogen and oxygen atoms in total. The van der Waals surface area contributed by atoms with Crippen LogP contribution in [0.4, 0.5) is 0 Å². The molecule has 0 aliphatic rings. The summed E-state index contributed by atoms with van der Waals surface area (Å²) in [5.41, 5.74) is 4.14. The van der Waals surface area contributed by atoms with Crippen LogP contribution in [0.1, 0.15) is 22.4 Å².